The molecule has 0 spiro atoms. The second-order valence-corrected chi connectivity index (χ2v) is 5.34. The summed E-state index contributed by atoms with van der Waals surface area (Å²) in [7, 11) is 0. The first-order valence-electron chi connectivity index (χ1n) is 6.56. The minimum Gasteiger partial charge on any atom is -0.481 e. The fourth-order valence-corrected chi connectivity index (χ4v) is 2.11. The Morgan fingerprint density at radius 1 is 1.30 bits per heavy atom. The Morgan fingerprint density at radius 3 is 2.50 bits per heavy atom. The molecular formula is C14H17ClN2O3. The smallest absolute Gasteiger partial charge is 0.304 e. The lowest BCUT2D eigenvalue weighted by Crippen LogP contribution is -2.36. The van der Waals surface area contributed by atoms with E-state index in [2.05, 4.69) is 5.32 Å². The number of carbonyl (C=O) groups is 2. The Labute approximate surface area is 122 Å². The molecule has 2 rings (SSSR count). The number of anilines is 1. The topological polar surface area (TPSA) is 69.6 Å². The zero-order valence-corrected chi connectivity index (χ0v) is 11.8. The number of carboxylic acid groups (broad SMARTS) is 1. The van der Waals surface area contributed by atoms with E-state index in [4.69, 9.17) is 16.7 Å². The van der Waals surface area contributed by atoms with E-state index in [0.717, 1.165) is 12.8 Å². The number of amides is 1. The maximum atomic E-state index is 12.0. The molecule has 0 heterocycles. The van der Waals surface area contributed by atoms with Gasteiger partial charge in [0.2, 0.25) is 5.91 Å². The molecule has 20 heavy (non-hydrogen) atoms. The Morgan fingerprint density at radius 2 is 1.95 bits per heavy atom. The molecule has 1 fully saturated rings. The summed E-state index contributed by atoms with van der Waals surface area (Å²) in [6.07, 6.45) is 2.13. The van der Waals surface area contributed by atoms with Gasteiger partial charge in [-0.2, -0.15) is 0 Å². The van der Waals surface area contributed by atoms with Crippen LogP contribution in [-0.4, -0.2) is 41.0 Å². The molecule has 0 atom stereocenters. The van der Waals surface area contributed by atoms with Crippen molar-refractivity contribution in [2.24, 2.45) is 0 Å². The van der Waals surface area contributed by atoms with Crippen molar-refractivity contribution in [2.45, 2.75) is 25.3 Å². The minimum atomic E-state index is -0.839. The molecule has 1 amide bonds. The SMILES string of the molecule is O=C(O)CCN(CC(=O)Nc1ccc(Cl)cc1)C1CC1. The van der Waals surface area contributed by atoms with E-state index in [1.807, 2.05) is 4.90 Å². The van der Waals surface area contributed by atoms with Gasteiger partial charge in [0.1, 0.15) is 0 Å². The lowest BCUT2D eigenvalue weighted by atomic mass is 10.3. The van der Waals surface area contributed by atoms with Gasteiger partial charge in [0, 0.05) is 23.3 Å². The van der Waals surface area contributed by atoms with Gasteiger partial charge in [-0.15, -0.1) is 0 Å². The summed E-state index contributed by atoms with van der Waals surface area (Å²) in [5.41, 5.74) is 0.688. The molecule has 0 aliphatic heterocycles. The summed E-state index contributed by atoms with van der Waals surface area (Å²) in [6, 6.07) is 7.24. The van der Waals surface area contributed by atoms with Crippen LogP contribution in [-0.2, 0) is 9.59 Å². The lowest BCUT2D eigenvalue weighted by Gasteiger charge is -2.20. The Kier molecular flexibility index (Phi) is 4.98. The van der Waals surface area contributed by atoms with Gasteiger partial charge in [0.15, 0.2) is 0 Å². The summed E-state index contributed by atoms with van der Waals surface area (Å²) in [4.78, 5) is 24.5. The van der Waals surface area contributed by atoms with Crippen molar-refractivity contribution in [2.75, 3.05) is 18.4 Å². The van der Waals surface area contributed by atoms with E-state index in [1.165, 1.54) is 0 Å². The van der Waals surface area contributed by atoms with Gasteiger partial charge in [0.05, 0.1) is 13.0 Å². The number of benzene rings is 1. The van der Waals surface area contributed by atoms with E-state index < -0.39 is 5.97 Å². The number of rotatable bonds is 7. The molecule has 1 aromatic carbocycles. The number of halogens is 1. The molecule has 0 aromatic heterocycles. The molecule has 0 bridgehead atoms. The van der Waals surface area contributed by atoms with Gasteiger partial charge in [-0.25, -0.2) is 0 Å². The largest absolute Gasteiger partial charge is 0.481 e. The molecular weight excluding hydrogens is 280 g/mol. The number of hydrogen-bond acceptors (Lipinski definition) is 3. The highest BCUT2D eigenvalue weighted by Crippen LogP contribution is 2.26. The first-order valence-corrected chi connectivity index (χ1v) is 6.93. The third kappa shape index (κ3) is 4.83. The molecule has 6 heteroatoms. The average molecular weight is 297 g/mol. The van der Waals surface area contributed by atoms with Crippen LogP contribution < -0.4 is 5.32 Å². The molecule has 1 saturated carbocycles. The van der Waals surface area contributed by atoms with Gasteiger partial charge in [-0.05, 0) is 37.1 Å². The molecule has 1 aliphatic rings. The molecule has 1 aliphatic carbocycles. The number of nitrogens with one attached hydrogen (secondary N) is 1. The molecule has 1 aromatic rings. The fraction of sp³-hybridized carbons (Fsp3) is 0.429. The van der Waals surface area contributed by atoms with Crippen molar-refractivity contribution in [3.05, 3.63) is 29.3 Å². The van der Waals surface area contributed by atoms with Crippen LogP contribution in [0.2, 0.25) is 5.02 Å². The highest BCUT2D eigenvalue weighted by Gasteiger charge is 2.30. The zero-order valence-electron chi connectivity index (χ0n) is 11.0. The third-order valence-corrected chi connectivity index (χ3v) is 3.40. The van der Waals surface area contributed by atoms with Gasteiger partial charge < -0.3 is 10.4 Å². The van der Waals surface area contributed by atoms with Crippen LogP contribution in [0.25, 0.3) is 0 Å². The summed E-state index contributed by atoms with van der Waals surface area (Å²) in [5.74, 6) is -0.974. The number of carbonyl (C=O) groups excluding carboxylic acids is 1. The van der Waals surface area contributed by atoms with E-state index >= 15 is 0 Å². The van der Waals surface area contributed by atoms with Crippen LogP contribution >= 0.6 is 11.6 Å². The highest BCUT2D eigenvalue weighted by atomic mass is 35.5. The maximum Gasteiger partial charge on any atom is 0.304 e. The summed E-state index contributed by atoms with van der Waals surface area (Å²) in [6.45, 7) is 0.634. The molecule has 0 radical (unpaired) electrons. The number of hydrogen-bond donors (Lipinski definition) is 2. The highest BCUT2D eigenvalue weighted by molar-refractivity contribution is 6.30. The normalized spacial score (nSPS) is 14.3. The Hall–Kier alpha value is -1.59. The molecule has 2 N–H and O–H groups in total. The van der Waals surface area contributed by atoms with Crippen LogP contribution in [0.1, 0.15) is 19.3 Å². The van der Waals surface area contributed by atoms with Crippen molar-refractivity contribution in [1.29, 1.82) is 0 Å². The maximum absolute atomic E-state index is 12.0. The molecule has 0 saturated heterocycles. The van der Waals surface area contributed by atoms with Crippen LogP contribution in [0.3, 0.4) is 0 Å². The summed E-state index contributed by atoms with van der Waals surface area (Å²) in [5, 5.41) is 12.1. The molecule has 5 nitrogen and oxygen atoms in total. The van der Waals surface area contributed by atoms with Crippen LogP contribution in [0, 0.1) is 0 Å². The summed E-state index contributed by atoms with van der Waals surface area (Å²) >= 11 is 5.78. The van der Waals surface area contributed by atoms with Gasteiger partial charge in [0.25, 0.3) is 0 Å². The zero-order chi connectivity index (χ0) is 14.5. The van der Waals surface area contributed by atoms with Crippen LogP contribution in [0.15, 0.2) is 24.3 Å². The van der Waals surface area contributed by atoms with Crippen LogP contribution in [0.4, 0.5) is 5.69 Å². The lowest BCUT2D eigenvalue weighted by molar-refractivity contribution is -0.137. The van der Waals surface area contributed by atoms with E-state index in [1.54, 1.807) is 24.3 Å². The standard InChI is InChI=1S/C14H17ClN2O3/c15-10-1-3-11(4-2-10)16-13(18)9-17(12-5-6-12)8-7-14(19)20/h1-4,12H,5-9H2,(H,16,18)(H,19,20). The first-order chi connectivity index (χ1) is 9.54. The van der Waals surface area contributed by atoms with Crippen molar-refractivity contribution in [3.63, 3.8) is 0 Å². The molecule has 108 valence electrons. The Bertz CT molecular complexity index is 486. The van der Waals surface area contributed by atoms with Gasteiger partial charge in [-0.3, -0.25) is 14.5 Å². The average Bonchev–Trinajstić information content (AvgIpc) is 3.21. The third-order valence-electron chi connectivity index (χ3n) is 3.15. The van der Waals surface area contributed by atoms with Crippen molar-refractivity contribution in [3.8, 4) is 0 Å². The first kappa shape index (κ1) is 14.8. The summed E-state index contributed by atoms with van der Waals surface area (Å²) < 4.78 is 0. The van der Waals surface area contributed by atoms with E-state index in [0.29, 0.717) is 23.3 Å². The van der Waals surface area contributed by atoms with E-state index in [-0.39, 0.29) is 18.9 Å². The van der Waals surface area contributed by atoms with Crippen LogP contribution in [0.5, 0.6) is 0 Å². The van der Waals surface area contributed by atoms with Crippen molar-refractivity contribution < 1.29 is 14.7 Å². The Balaban J connectivity index is 1.84. The minimum absolute atomic E-state index is 0.0602. The quantitative estimate of drug-likeness (QED) is 0.809. The van der Waals surface area contributed by atoms with Crippen molar-refractivity contribution in [1.82, 2.24) is 4.90 Å². The fourth-order valence-electron chi connectivity index (χ4n) is 1.99. The van der Waals surface area contributed by atoms with E-state index in [9.17, 15) is 9.59 Å². The molecule has 0 unspecified atom stereocenters. The second-order valence-electron chi connectivity index (χ2n) is 4.90. The van der Waals surface area contributed by atoms with Gasteiger partial charge >= 0.3 is 5.97 Å². The predicted octanol–water partition coefficient (Wildman–Crippen LogP) is 2.22. The second kappa shape index (κ2) is 6.72. The monoisotopic (exact) mass is 296 g/mol. The van der Waals surface area contributed by atoms with Gasteiger partial charge in [-0.1, -0.05) is 11.6 Å². The predicted molar refractivity (Wildman–Crippen MR) is 76.9 cm³/mol. The number of nitrogens with zero attached hydrogens (tertiary/aromatic N) is 1. The van der Waals surface area contributed by atoms with Crippen molar-refractivity contribution >= 4 is 29.2 Å². The number of aliphatic carboxylic acids is 1. The number of carboxylic acids is 1.